The number of ether oxygens (including phenoxy) is 3. The number of anilines is 1. The molecule has 0 radical (unpaired) electrons. The van der Waals surface area contributed by atoms with Crippen LogP contribution in [0, 0.1) is 0 Å². The first-order valence-corrected chi connectivity index (χ1v) is 10.4. The van der Waals surface area contributed by atoms with E-state index in [1.807, 2.05) is 11.4 Å². The predicted octanol–water partition coefficient (Wildman–Crippen LogP) is 4.04. The largest absolute Gasteiger partial charge is 0.495 e. The molecular weight excluding hydrogens is 400 g/mol. The van der Waals surface area contributed by atoms with E-state index in [0.717, 1.165) is 26.0 Å². The molecule has 1 saturated heterocycles. The van der Waals surface area contributed by atoms with Crippen molar-refractivity contribution >= 4 is 34.5 Å². The second-order valence-corrected chi connectivity index (χ2v) is 8.06. The van der Waals surface area contributed by atoms with Crippen molar-refractivity contribution in [3.05, 3.63) is 39.5 Å². The fourth-order valence-corrected chi connectivity index (χ4v) is 4.21. The molecule has 1 amide bonds. The van der Waals surface area contributed by atoms with Crippen LogP contribution >= 0.6 is 22.9 Å². The maximum Gasteiger partial charge on any atom is 0.238 e. The van der Waals surface area contributed by atoms with E-state index < -0.39 is 0 Å². The molecule has 1 aliphatic rings. The molecule has 152 valence electrons. The molecule has 1 atom stereocenters. The van der Waals surface area contributed by atoms with Gasteiger partial charge in [-0.25, -0.2) is 0 Å². The normalized spacial score (nSPS) is 16.4. The molecule has 2 heterocycles. The number of amides is 1. The highest BCUT2D eigenvalue weighted by Gasteiger charge is 2.22. The first-order chi connectivity index (χ1) is 13.6. The Balaban J connectivity index is 1.68. The van der Waals surface area contributed by atoms with E-state index in [1.54, 1.807) is 23.5 Å². The second kappa shape index (κ2) is 10.1. The number of carbonyl (C=O) groups excluding carboxylic acids is 1. The molecule has 2 aromatic rings. The van der Waals surface area contributed by atoms with Gasteiger partial charge >= 0.3 is 0 Å². The van der Waals surface area contributed by atoms with Gasteiger partial charge in [-0.2, -0.15) is 0 Å². The van der Waals surface area contributed by atoms with Crippen LogP contribution in [0.4, 0.5) is 5.69 Å². The Bertz CT molecular complexity index is 779. The molecule has 1 N–H and O–H groups in total. The van der Waals surface area contributed by atoms with E-state index in [4.69, 9.17) is 25.8 Å². The predicted molar refractivity (Wildman–Crippen MR) is 112 cm³/mol. The molecule has 0 bridgehead atoms. The van der Waals surface area contributed by atoms with Gasteiger partial charge < -0.3 is 19.5 Å². The number of methoxy groups -OCH3 is 2. The van der Waals surface area contributed by atoms with Crippen LogP contribution < -0.4 is 14.8 Å². The van der Waals surface area contributed by atoms with Crippen molar-refractivity contribution in [3.63, 3.8) is 0 Å². The summed E-state index contributed by atoms with van der Waals surface area (Å²) in [6.45, 7) is 2.50. The summed E-state index contributed by atoms with van der Waals surface area (Å²) < 4.78 is 16.3. The summed E-state index contributed by atoms with van der Waals surface area (Å²) in [5, 5.41) is 5.39. The van der Waals surface area contributed by atoms with Gasteiger partial charge in [0.15, 0.2) is 0 Å². The number of nitrogens with one attached hydrogen (secondary N) is 1. The maximum absolute atomic E-state index is 12.8. The van der Waals surface area contributed by atoms with Gasteiger partial charge in [-0.15, -0.1) is 11.3 Å². The summed E-state index contributed by atoms with van der Waals surface area (Å²) >= 11 is 7.82. The molecule has 1 fully saturated rings. The van der Waals surface area contributed by atoms with Crippen LogP contribution in [0.5, 0.6) is 11.5 Å². The fraction of sp³-hybridized carbons (Fsp3) is 0.450. The Morgan fingerprint density at radius 1 is 1.36 bits per heavy atom. The molecule has 0 saturated carbocycles. The van der Waals surface area contributed by atoms with E-state index in [0.29, 0.717) is 28.8 Å². The Hall–Kier alpha value is -1.80. The van der Waals surface area contributed by atoms with Crippen molar-refractivity contribution in [1.29, 1.82) is 0 Å². The molecule has 1 aromatic carbocycles. The third-order valence-electron chi connectivity index (χ3n) is 4.56. The number of hydrogen-bond acceptors (Lipinski definition) is 6. The summed E-state index contributed by atoms with van der Waals surface area (Å²) in [5.74, 6) is 0.841. The van der Waals surface area contributed by atoms with Crippen molar-refractivity contribution < 1.29 is 19.0 Å². The van der Waals surface area contributed by atoms with E-state index in [1.165, 1.54) is 19.1 Å². The van der Waals surface area contributed by atoms with Gasteiger partial charge in [0.25, 0.3) is 0 Å². The number of rotatable bonds is 9. The van der Waals surface area contributed by atoms with Crippen LogP contribution in [0.1, 0.15) is 17.7 Å². The van der Waals surface area contributed by atoms with Crippen molar-refractivity contribution in [2.24, 2.45) is 0 Å². The number of nitrogens with zero attached hydrogens (tertiary/aromatic N) is 1. The van der Waals surface area contributed by atoms with Gasteiger partial charge in [-0.05, 0) is 24.3 Å². The number of thiophene rings is 1. The lowest BCUT2D eigenvalue weighted by Gasteiger charge is -2.24. The highest BCUT2D eigenvalue weighted by molar-refractivity contribution is 7.09. The van der Waals surface area contributed by atoms with Crippen molar-refractivity contribution in [1.82, 2.24) is 4.90 Å². The molecular formula is C20H25ClN2O4S. The maximum atomic E-state index is 12.8. The van der Waals surface area contributed by atoms with Crippen LogP contribution in [0.2, 0.25) is 5.02 Å². The second-order valence-electron chi connectivity index (χ2n) is 6.62. The SMILES string of the molecule is COc1cc(NC(=O)CN(Cc2cccs2)CC2CCCO2)c(OC)cc1Cl. The molecule has 3 rings (SSSR count). The lowest BCUT2D eigenvalue weighted by molar-refractivity contribution is -0.117. The van der Waals surface area contributed by atoms with E-state index in [-0.39, 0.29) is 18.6 Å². The van der Waals surface area contributed by atoms with Crippen LogP contribution in [-0.4, -0.2) is 50.8 Å². The van der Waals surface area contributed by atoms with Gasteiger partial charge in [0.05, 0.1) is 37.6 Å². The van der Waals surface area contributed by atoms with Crippen LogP contribution in [-0.2, 0) is 16.1 Å². The Kier molecular flexibility index (Phi) is 7.56. The van der Waals surface area contributed by atoms with Gasteiger partial charge in [0.1, 0.15) is 11.5 Å². The summed E-state index contributed by atoms with van der Waals surface area (Å²) in [6, 6.07) is 7.40. The number of halogens is 1. The third-order valence-corrected chi connectivity index (χ3v) is 5.72. The highest BCUT2D eigenvalue weighted by atomic mass is 35.5. The first-order valence-electron chi connectivity index (χ1n) is 9.16. The molecule has 6 nitrogen and oxygen atoms in total. The molecule has 28 heavy (non-hydrogen) atoms. The zero-order valence-electron chi connectivity index (χ0n) is 16.1. The van der Waals surface area contributed by atoms with Crippen LogP contribution in [0.25, 0.3) is 0 Å². The van der Waals surface area contributed by atoms with Crippen LogP contribution in [0.3, 0.4) is 0 Å². The van der Waals surface area contributed by atoms with Crippen molar-refractivity contribution in [3.8, 4) is 11.5 Å². The topological polar surface area (TPSA) is 60.0 Å². The Labute approximate surface area is 174 Å². The van der Waals surface area contributed by atoms with Gasteiger partial charge in [-0.1, -0.05) is 17.7 Å². The average Bonchev–Trinajstić information content (AvgIpc) is 3.37. The minimum atomic E-state index is -0.128. The Morgan fingerprint density at radius 3 is 2.82 bits per heavy atom. The number of hydrogen-bond donors (Lipinski definition) is 1. The molecule has 1 aromatic heterocycles. The standard InChI is InChI=1S/C20H25ClN2O4S/c1-25-18-10-17(19(26-2)9-16(18)21)22-20(24)13-23(11-14-5-3-7-27-14)12-15-6-4-8-28-15/h4,6,8-10,14H,3,5,7,11-13H2,1-2H3,(H,22,24). The zero-order valence-corrected chi connectivity index (χ0v) is 17.6. The molecule has 0 aliphatic carbocycles. The zero-order chi connectivity index (χ0) is 19.9. The summed E-state index contributed by atoms with van der Waals surface area (Å²) in [6.07, 6.45) is 2.29. The fourth-order valence-electron chi connectivity index (χ4n) is 3.24. The Morgan fingerprint density at radius 2 is 2.18 bits per heavy atom. The van der Waals surface area contributed by atoms with Crippen molar-refractivity contribution in [2.75, 3.05) is 39.2 Å². The van der Waals surface area contributed by atoms with Gasteiger partial charge in [-0.3, -0.25) is 9.69 Å². The average molecular weight is 425 g/mol. The first kappa shape index (κ1) is 20.9. The van der Waals surface area contributed by atoms with Crippen LogP contribution in [0.15, 0.2) is 29.6 Å². The number of benzene rings is 1. The molecule has 1 unspecified atom stereocenters. The summed E-state index contributed by atoms with van der Waals surface area (Å²) in [7, 11) is 3.07. The smallest absolute Gasteiger partial charge is 0.238 e. The quantitative estimate of drug-likeness (QED) is 0.658. The minimum absolute atomic E-state index is 0.128. The summed E-state index contributed by atoms with van der Waals surface area (Å²) in [4.78, 5) is 16.1. The highest BCUT2D eigenvalue weighted by Crippen LogP contribution is 2.35. The lowest BCUT2D eigenvalue weighted by Crippen LogP contribution is -2.37. The number of carbonyl (C=O) groups is 1. The van der Waals surface area contributed by atoms with E-state index in [2.05, 4.69) is 16.3 Å². The summed E-state index contributed by atoms with van der Waals surface area (Å²) in [5.41, 5.74) is 0.530. The molecule has 8 heteroatoms. The van der Waals surface area contributed by atoms with Crippen molar-refractivity contribution in [2.45, 2.75) is 25.5 Å². The van der Waals surface area contributed by atoms with E-state index >= 15 is 0 Å². The van der Waals surface area contributed by atoms with Gasteiger partial charge in [0, 0.05) is 36.7 Å². The molecule has 0 spiro atoms. The van der Waals surface area contributed by atoms with E-state index in [9.17, 15) is 4.79 Å². The third kappa shape index (κ3) is 5.61. The minimum Gasteiger partial charge on any atom is -0.495 e. The monoisotopic (exact) mass is 424 g/mol. The lowest BCUT2D eigenvalue weighted by atomic mass is 10.2. The van der Waals surface area contributed by atoms with Gasteiger partial charge in [0.2, 0.25) is 5.91 Å². The molecule has 1 aliphatic heterocycles.